The number of carbonyl (C=O) groups is 4. The number of ether oxygens (including phenoxy) is 3. The molecule has 15 nitrogen and oxygen atoms in total. The second-order valence-corrected chi connectivity index (χ2v) is 17.4. The normalized spacial score (nSPS) is 22.7. The van der Waals surface area contributed by atoms with Gasteiger partial charge in [0.2, 0.25) is 11.8 Å². The lowest BCUT2D eigenvalue weighted by molar-refractivity contribution is -0.140. The number of carbonyl (C=O) groups excluding carboxylic acids is 4. The van der Waals surface area contributed by atoms with Gasteiger partial charge in [-0.05, 0) is 77.0 Å². The molecule has 2 amide bonds. The van der Waals surface area contributed by atoms with Crippen molar-refractivity contribution >= 4 is 44.0 Å². The summed E-state index contributed by atoms with van der Waals surface area (Å²) in [7, 11) is -8.17. The van der Waals surface area contributed by atoms with Crippen LogP contribution in [0.2, 0.25) is 0 Å². The highest BCUT2D eigenvalue weighted by molar-refractivity contribution is 7.87. The molecule has 17 heteroatoms. The van der Waals surface area contributed by atoms with E-state index in [2.05, 4.69) is 5.32 Å². The van der Waals surface area contributed by atoms with Crippen LogP contribution in [0.5, 0.6) is 0 Å². The molecule has 1 aliphatic heterocycles. The zero-order valence-electron chi connectivity index (χ0n) is 34.1. The Morgan fingerprint density at radius 3 is 1.59 bits per heavy atom. The van der Waals surface area contributed by atoms with Crippen molar-refractivity contribution in [3.05, 3.63) is 83.0 Å². The quantitative estimate of drug-likeness (QED) is 0.148. The van der Waals surface area contributed by atoms with E-state index < -0.39 is 56.5 Å². The molecule has 1 N–H and O–H groups in total. The highest BCUT2D eigenvalue weighted by Crippen LogP contribution is 2.42. The SMILES string of the molecule is CCOC(=O)C1=C[C@@H](OC(CC)CC)C(NC(C)=O)[C@H](OS(=O)(=O)c2ccc(C)cc2)C1.CCOC(=O)C1=C[C@H]2C([C@H](OS(=O)(=O)c3ccc(C)cc3)C1)N2C(C)=O. The first-order valence-corrected chi connectivity index (χ1v) is 22.1. The predicted octanol–water partition coefficient (Wildman–Crippen LogP) is 4.60. The molecule has 5 rings (SSSR count). The topological polar surface area (TPSA) is 198 Å². The van der Waals surface area contributed by atoms with E-state index in [9.17, 15) is 36.0 Å². The van der Waals surface area contributed by atoms with Gasteiger partial charge in [-0.2, -0.15) is 16.8 Å². The van der Waals surface area contributed by atoms with E-state index in [1.165, 1.54) is 43.0 Å². The van der Waals surface area contributed by atoms with Crippen LogP contribution in [0.4, 0.5) is 0 Å². The van der Waals surface area contributed by atoms with Crippen molar-refractivity contribution in [2.45, 2.75) is 133 Å². The van der Waals surface area contributed by atoms with Crippen molar-refractivity contribution in [2.24, 2.45) is 0 Å². The van der Waals surface area contributed by atoms with E-state index in [0.29, 0.717) is 5.57 Å². The highest BCUT2D eigenvalue weighted by Gasteiger charge is 2.57. The van der Waals surface area contributed by atoms with Gasteiger partial charge in [0.1, 0.15) is 12.2 Å². The maximum absolute atomic E-state index is 13.0. The third kappa shape index (κ3) is 11.8. The van der Waals surface area contributed by atoms with Crippen LogP contribution in [0.3, 0.4) is 0 Å². The molecule has 2 aromatic rings. The molecule has 0 spiro atoms. The van der Waals surface area contributed by atoms with Gasteiger partial charge < -0.3 is 24.4 Å². The molecule has 6 atom stereocenters. The molecule has 0 aromatic heterocycles. The molecule has 1 fully saturated rings. The Labute approximate surface area is 341 Å². The van der Waals surface area contributed by atoms with E-state index in [-0.39, 0.29) is 71.4 Å². The summed E-state index contributed by atoms with van der Waals surface area (Å²) < 4.78 is 78.4. The number of hydrogen-bond acceptors (Lipinski definition) is 13. The Bertz CT molecular complexity index is 2080. The van der Waals surface area contributed by atoms with Gasteiger partial charge in [0.15, 0.2) is 0 Å². The first kappa shape index (κ1) is 46.3. The van der Waals surface area contributed by atoms with Crippen LogP contribution in [0, 0.1) is 13.8 Å². The standard InChI is InChI=1S/C23H33NO7S.C18H21NO6S/c1-6-18(7-2)30-20-13-17(23(26)29-8-3)14-21(22(20)24-16(5)25)31-32(27,28)19-11-9-15(4)10-12-19;1-4-24-18(21)13-9-15-17(19(15)12(3)20)16(10-13)25-26(22,23)14-7-5-11(2)6-8-14/h9-13,18,20-22H,6-8,14H2,1-5H3,(H,24,25);5-9,15-17H,4,10H2,1-3H3/t20-,21-,22?;15-,16+,17?,19?/m10/s1. The lowest BCUT2D eigenvalue weighted by Crippen LogP contribution is -2.55. The average Bonchev–Trinajstić information content (AvgIpc) is 3.91. The number of nitrogens with one attached hydrogen (secondary N) is 1. The van der Waals surface area contributed by atoms with Crippen LogP contribution in [-0.2, 0) is 62.0 Å². The third-order valence-corrected chi connectivity index (χ3v) is 12.5. The fraction of sp³-hybridized carbons (Fsp3) is 0.512. The summed E-state index contributed by atoms with van der Waals surface area (Å²) in [6.45, 7) is 14.2. The maximum atomic E-state index is 13.0. The molecule has 0 radical (unpaired) electrons. The summed E-state index contributed by atoms with van der Waals surface area (Å²) in [6.07, 6.45) is 1.99. The number of nitrogens with zero attached hydrogens (tertiary/aromatic N) is 1. The molecular formula is C41H54N2O13S2. The Morgan fingerprint density at radius 2 is 1.16 bits per heavy atom. The van der Waals surface area contributed by atoms with Crippen molar-refractivity contribution in [1.82, 2.24) is 10.2 Å². The predicted molar refractivity (Wildman–Crippen MR) is 212 cm³/mol. The Hall–Kier alpha value is -4.42. The van der Waals surface area contributed by atoms with Crippen molar-refractivity contribution < 1.29 is 58.6 Å². The zero-order chi connectivity index (χ0) is 42.9. The molecule has 0 bridgehead atoms. The Balaban J connectivity index is 0.000000262. The summed E-state index contributed by atoms with van der Waals surface area (Å²) in [5.74, 6) is -1.62. The van der Waals surface area contributed by atoms with Gasteiger partial charge in [-0.3, -0.25) is 18.0 Å². The summed E-state index contributed by atoms with van der Waals surface area (Å²) in [5.41, 5.74) is 2.43. The van der Waals surface area contributed by atoms with E-state index >= 15 is 0 Å². The second-order valence-electron chi connectivity index (χ2n) is 14.2. The van der Waals surface area contributed by atoms with Crippen molar-refractivity contribution in [2.75, 3.05) is 13.2 Å². The van der Waals surface area contributed by atoms with Crippen molar-refractivity contribution in [3.8, 4) is 0 Å². The Morgan fingerprint density at radius 1 is 0.707 bits per heavy atom. The smallest absolute Gasteiger partial charge is 0.333 e. The van der Waals surface area contributed by atoms with Gasteiger partial charge in [-0.1, -0.05) is 49.2 Å². The van der Waals surface area contributed by atoms with E-state index in [1.54, 1.807) is 50.3 Å². The lowest BCUT2D eigenvalue weighted by Gasteiger charge is -2.37. The largest absolute Gasteiger partial charge is 0.463 e. The zero-order valence-corrected chi connectivity index (χ0v) is 35.8. The van der Waals surface area contributed by atoms with Gasteiger partial charge in [-0.15, -0.1) is 0 Å². The third-order valence-electron chi connectivity index (χ3n) is 9.81. The van der Waals surface area contributed by atoms with Crippen LogP contribution in [0.15, 0.2) is 81.6 Å². The summed E-state index contributed by atoms with van der Waals surface area (Å²) in [5, 5.41) is 2.76. The molecule has 2 aliphatic carbocycles. The van der Waals surface area contributed by atoms with E-state index in [1.807, 2.05) is 27.7 Å². The minimum atomic E-state index is -4.16. The van der Waals surface area contributed by atoms with Gasteiger partial charge >= 0.3 is 11.9 Å². The maximum Gasteiger partial charge on any atom is 0.333 e. The molecule has 318 valence electrons. The number of aryl methyl sites for hydroxylation is 2. The highest BCUT2D eigenvalue weighted by atomic mass is 32.2. The van der Waals surface area contributed by atoms with Crippen LogP contribution in [-0.4, -0.2) is 101 Å². The lowest BCUT2D eigenvalue weighted by atomic mass is 9.89. The summed E-state index contributed by atoms with van der Waals surface area (Å²) >= 11 is 0. The van der Waals surface area contributed by atoms with Gasteiger partial charge in [0, 0.05) is 37.8 Å². The molecule has 2 aromatic carbocycles. The van der Waals surface area contributed by atoms with Crippen LogP contribution in [0.25, 0.3) is 0 Å². The summed E-state index contributed by atoms with van der Waals surface area (Å²) in [4.78, 5) is 49.8. The Kier molecular flexibility index (Phi) is 16.0. The second kappa shape index (κ2) is 20.0. The number of amides is 2. The summed E-state index contributed by atoms with van der Waals surface area (Å²) in [6, 6.07) is 11.1. The molecular weight excluding hydrogens is 793 g/mol. The number of esters is 2. The minimum Gasteiger partial charge on any atom is -0.463 e. The average molecular weight is 847 g/mol. The van der Waals surface area contributed by atoms with Crippen molar-refractivity contribution in [1.29, 1.82) is 0 Å². The molecule has 1 saturated heterocycles. The van der Waals surface area contributed by atoms with E-state index in [0.717, 1.165) is 24.0 Å². The molecule has 58 heavy (non-hydrogen) atoms. The number of rotatable bonds is 15. The monoisotopic (exact) mass is 846 g/mol. The molecule has 2 unspecified atom stereocenters. The van der Waals surface area contributed by atoms with Crippen LogP contribution >= 0.6 is 0 Å². The van der Waals surface area contributed by atoms with Crippen LogP contribution < -0.4 is 5.32 Å². The van der Waals surface area contributed by atoms with Crippen LogP contribution in [0.1, 0.15) is 78.4 Å². The number of hydrogen-bond donors (Lipinski definition) is 1. The molecule has 1 heterocycles. The van der Waals surface area contributed by atoms with Gasteiger partial charge in [-0.25, -0.2) is 9.59 Å². The minimum absolute atomic E-state index is 0.00521. The fourth-order valence-corrected chi connectivity index (χ4v) is 9.00. The van der Waals surface area contributed by atoms with Gasteiger partial charge in [0.25, 0.3) is 20.2 Å². The first-order valence-electron chi connectivity index (χ1n) is 19.3. The first-order chi connectivity index (χ1) is 27.3. The molecule has 3 aliphatic rings. The van der Waals surface area contributed by atoms with E-state index in [4.69, 9.17) is 22.6 Å². The molecule has 0 saturated carbocycles. The van der Waals surface area contributed by atoms with Crippen molar-refractivity contribution in [3.63, 3.8) is 0 Å². The number of benzene rings is 2. The van der Waals surface area contributed by atoms with Gasteiger partial charge in [0.05, 0.1) is 53.3 Å². The fourth-order valence-electron chi connectivity index (χ4n) is 6.82. The number of fused-ring (bicyclic) bond motifs is 1.